The highest BCUT2D eigenvalue weighted by molar-refractivity contribution is 6.08. The lowest BCUT2D eigenvalue weighted by Crippen LogP contribution is -2.02. The van der Waals surface area contributed by atoms with E-state index in [0.717, 1.165) is 36.4 Å². The Labute approximate surface area is 81.2 Å². The van der Waals surface area contributed by atoms with E-state index in [1.165, 1.54) is 5.56 Å². The number of rotatable bonds is 3. The van der Waals surface area contributed by atoms with Gasteiger partial charge < -0.3 is 0 Å². The molecule has 0 spiro atoms. The maximum absolute atomic E-state index is 5.46. The van der Waals surface area contributed by atoms with Crippen molar-refractivity contribution in [3.05, 3.63) is 22.8 Å². The number of aromatic nitrogens is 2. The van der Waals surface area contributed by atoms with Gasteiger partial charge in [0, 0.05) is 11.4 Å². The zero-order valence-corrected chi connectivity index (χ0v) is 8.59. The van der Waals surface area contributed by atoms with E-state index in [1.807, 2.05) is 13.8 Å². The zero-order chi connectivity index (χ0) is 9.84. The second kappa shape index (κ2) is 4.40. The van der Waals surface area contributed by atoms with Crippen molar-refractivity contribution >= 4 is 7.85 Å². The summed E-state index contributed by atoms with van der Waals surface area (Å²) in [5.74, 6) is 0.857. The molecule has 0 N–H and O–H groups in total. The van der Waals surface area contributed by atoms with E-state index in [1.54, 1.807) is 0 Å². The Bertz CT molecular complexity index is 297. The molecule has 0 aliphatic heterocycles. The smallest absolute Gasteiger partial charge is 0.125 e. The molecule has 0 aromatic carbocycles. The highest BCUT2D eigenvalue weighted by Gasteiger charge is 2.04. The first-order valence-electron chi connectivity index (χ1n) is 4.66. The maximum atomic E-state index is 5.46. The van der Waals surface area contributed by atoms with Crippen LogP contribution in [0.3, 0.4) is 0 Å². The van der Waals surface area contributed by atoms with Gasteiger partial charge in [0.15, 0.2) is 0 Å². The second-order valence-corrected chi connectivity index (χ2v) is 3.32. The van der Waals surface area contributed by atoms with E-state index in [0.29, 0.717) is 0 Å². The van der Waals surface area contributed by atoms with Gasteiger partial charge in [0.2, 0.25) is 0 Å². The summed E-state index contributed by atoms with van der Waals surface area (Å²) in [4.78, 5) is 8.70. The number of hydrogen-bond acceptors (Lipinski definition) is 2. The number of hydrogen-bond donors (Lipinski definition) is 0. The lowest BCUT2D eigenvalue weighted by molar-refractivity contribution is 0.831. The highest BCUT2D eigenvalue weighted by Crippen LogP contribution is 2.11. The molecule has 2 nitrogen and oxygen atoms in total. The van der Waals surface area contributed by atoms with Gasteiger partial charge >= 0.3 is 0 Å². The maximum Gasteiger partial charge on any atom is 0.125 e. The summed E-state index contributed by atoms with van der Waals surface area (Å²) in [6, 6.07) is 0. The summed E-state index contributed by atoms with van der Waals surface area (Å²) in [5.41, 5.74) is 3.44. The second-order valence-electron chi connectivity index (χ2n) is 3.32. The summed E-state index contributed by atoms with van der Waals surface area (Å²) in [6.45, 7) is 6.02. The molecule has 2 radical (unpaired) electrons. The van der Waals surface area contributed by atoms with Gasteiger partial charge in [-0.05, 0) is 32.8 Å². The lowest BCUT2D eigenvalue weighted by Gasteiger charge is -2.07. The minimum Gasteiger partial charge on any atom is -0.238 e. The summed E-state index contributed by atoms with van der Waals surface area (Å²) in [6.07, 6.45) is 2.69. The molecular formula is C10H15BN2. The van der Waals surface area contributed by atoms with Crippen LogP contribution in [0.15, 0.2) is 0 Å². The van der Waals surface area contributed by atoms with E-state index in [4.69, 9.17) is 7.85 Å². The fraction of sp³-hybridized carbons (Fsp3) is 0.600. The van der Waals surface area contributed by atoms with Gasteiger partial charge in [-0.15, -0.1) is 0 Å². The Hall–Kier alpha value is -0.855. The molecule has 0 unspecified atom stereocenters. The molecule has 0 bridgehead atoms. The van der Waals surface area contributed by atoms with Crippen LogP contribution >= 0.6 is 0 Å². The average molecular weight is 174 g/mol. The Morgan fingerprint density at radius 3 is 2.46 bits per heavy atom. The van der Waals surface area contributed by atoms with Gasteiger partial charge in [0.1, 0.15) is 5.82 Å². The predicted octanol–water partition coefficient (Wildman–Crippen LogP) is 1.92. The van der Waals surface area contributed by atoms with Gasteiger partial charge in [0.25, 0.3) is 0 Å². The SMILES string of the molecule is [B]CCCc1nc(C)nc(C)c1C. The molecule has 0 atom stereocenters. The normalized spacial score (nSPS) is 10.4. The molecule has 0 aliphatic rings. The molecule has 0 fully saturated rings. The largest absolute Gasteiger partial charge is 0.238 e. The topological polar surface area (TPSA) is 25.8 Å². The minimum atomic E-state index is 0.724. The molecule has 1 aromatic rings. The Kier molecular flexibility index (Phi) is 3.46. The van der Waals surface area contributed by atoms with E-state index in [2.05, 4.69) is 16.9 Å². The molecule has 0 saturated heterocycles. The third-order valence-corrected chi connectivity index (χ3v) is 2.22. The van der Waals surface area contributed by atoms with Crippen LogP contribution in [0.5, 0.6) is 0 Å². The minimum absolute atomic E-state index is 0.724. The fourth-order valence-corrected chi connectivity index (χ4v) is 1.35. The molecule has 0 saturated carbocycles. The van der Waals surface area contributed by atoms with E-state index >= 15 is 0 Å². The molecule has 13 heavy (non-hydrogen) atoms. The molecule has 1 aromatic heterocycles. The lowest BCUT2D eigenvalue weighted by atomic mass is 9.98. The fourth-order valence-electron chi connectivity index (χ4n) is 1.35. The number of nitrogens with zero attached hydrogens (tertiary/aromatic N) is 2. The van der Waals surface area contributed by atoms with Crippen molar-refractivity contribution in [1.82, 2.24) is 9.97 Å². The third-order valence-electron chi connectivity index (χ3n) is 2.22. The Balaban J connectivity index is 2.92. The van der Waals surface area contributed by atoms with Crippen LogP contribution in [0.25, 0.3) is 0 Å². The van der Waals surface area contributed by atoms with Gasteiger partial charge in [-0.25, -0.2) is 9.97 Å². The van der Waals surface area contributed by atoms with E-state index in [9.17, 15) is 0 Å². The monoisotopic (exact) mass is 174 g/mol. The van der Waals surface area contributed by atoms with Crippen molar-refractivity contribution in [2.75, 3.05) is 0 Å². The van der Waals surface area contributed by atoms with Crippen LogP contribution < -0.4 is 0 Å². The van der Waals surface area contributed by atoms with Crippen molar-refractivity contribution < 1.29 is 0 Å². The van der Waals surface area contributed by atoms with Gasteiger partial charge in [-0.3, -0.25) is 0 Å². The Morgan fingerprint density at radius 2 is 1.85 bits per heavy atom. The van der Waals surface area contributed by atoms with Crippen LogP contribution in [0.2, 0.25) is 6.32 Å². The summed E-state index contributed by atoms with van der Waals surface area (Å²) in [7, 11) is 5.46. The predicted molar refractivity (Wildman–Crippen MR) is 55.1 cm³/mol. The van der Waals surface area contributed by atoms with Crippen LogP contribution in [-0.4, -0.2) is 17.8 Å². The van der Waals surface area contributed by atoms with E-state index in [-0.39, 0.29) is 0 Å². The molecule has 1 heterocycles. The van der Waals surface area contributed by atoms with Crippen molar-refractivity contribution in [2.24, 2.45) is 0 Å². The first kappa shape index (κ1) is 10.2. The summed E-state index contributed by atoms with van der Waals surface area (Å²) < 4.78 is 0. The first-order chi connectivity index (χ1) is 6.15. The third kappa shape index (κ3) is 2.54. The van der Waals surface area contributed by atoms with Crippen molar-refractivity contribution in [1.29, 1.82) is 0 Å². The van der Waals surface area contributed by atoms with Gasteiger partial charge in [0.05, 0.1) is 7.85 Å². The highest BCUT2D eigenvalue weighted by atomic mass is 14.9. The molecule has 3 heteroatoms. The van der Waals surface area contributed by atoms with Gasteiger partial charge in [-0.1, -0.05) is 12.7 Å². The van der Waals surface area contributed by atoms with Crippen LogP contribution in [-0.2, 0) is 6.42 Å². The number of aryl methyl sites for hydroxylation is 3. The summed E-state index contributed by atoms with van der Waals surface area (Å²) >= 11 is 0. The van der Waals surface area contributed by atoms with Crippen LogP contribution in [0.4, 0.5) is 0 Å². The Morgan fingerprint density at radius 1 is 1.15 bits per heavy atom. The van der Waals surface area contributed by atoms with Gasteiger partial charge in [-0.2, -0.15) is 0 Å². The van der Waals surface area contributed by atoms with Crippen molar-refractivity contribution in [2.45, 2.75) is 39.9 Å². The molecule has 0 amide bonds. The van der Waals surface area contributed by atoms with E-state index < -0.39 is 0 Å². The molecule has 1 rings (SSSR count). The molecular weight excluding hydrogens is 159 g/mol. The molecule has 68 valence electrons. The van der Waals surface area contributed by atoms with Crippen molar-refractivity contribution in [3.8, 4) is 0 Å². The quantitative estimate of drug-likeness (QED) is 0.654. The van der Waals surface area contributed by atoms with Crippen LogP contribution in [0.1, 0.15) is 29.2 Å². The average Bonchev–Trinajstić information content (AvgIpc) is 2.09. The van der Waals surface area contributed by atoms with Crippen LogP contribution in [0, 0.1) is 20.8 Å². The summed E-state index contributed by atoms with van der Waals surface area (Å²) in [5, 5.41) is 0. The van der Waals surface area contributed by atoms with Crippen molar-refractivity contribution in [3.63, 3.8) is 0 Å². The molecule has 0 aliphatic carbocycles. The standard InChI is InChI=1S/C10H15BN2/c1-7-8(2)12-9(3)13-10(7)5-4-6-11/h4-6H2,1-3H3. The zero-order valence-electron chi connectivity index (χ0n) is 8.59. The first-order valence-corrected chi connectivity index (χ1v) is 4.66.